The summed E-state index contributed by atoms with van der Waals surface area (Å²) in [6, 6.07) is 2.96. The molecular formula is C14H23FN2O3Si. The number of pyridine rings is 1. The van der Waals surface area contributed by atoms with Crippen molar-refractivity contribution in [3.05, 3.63) is 24.0 Å². The number of alkyl halides is 1. The zero-order valence-corrected chi connectivity index (χ0v) is 14.1. The summed E-state index contributed by atoms with van der Waals surface area (Å²) in [7, 11) is -2.13. The minimum absolute atomic E-state index is 0.0399. The first-order valence-corrected chi connectivity index (χ1v) is 9.64. The summed E-state index contributed by atoms with van der Waals surface area (Å²) in [6.07, 6.45) is -0.262. The largest absolute Gasteiger partial charge is 0.410 e. The van der Waals surface area contributed by atoms with E-state index in [-0.39, 0.29) is 10.8 Å². The summed E-state index contributed by atoms with van der Waals surface area (Å²) >= 11 is 0. The van der Waals surface area contributed by atoms with E-state index in [2.05, 4.69) is 25.8 Å². The predicted octanol–water partition coefficient (Wildman–Crippen LogP) is 3.57. The average Bonchev–Trinajstić information content (AvgIpc) is 2.34. The molecular weight excluding hydrogens is 291 g/mol. The predicted molar refractivity (Wildman–Crippen MR) is 81.4 cm³/mol. The number of aromatic nitrogens is 1. The van der Waals surface area contributed by atoms with Crippen LogP contribution in [-0.4, -0.2) is 26.1 Å². The van der Waals surface area contributed by atoms with Gasteiger partial charge in [0.1, 0.15) is 18.5 Å². The first kappa shape index (κ1) is 17.6. The number of carbonyl (C=O) groups excluding carboxylic acids is 1. The zero-order chi connectivity index (χ0) is 16.3. The molecule has 1 rings (SSSR count). The first-order chi connectivity index (χ1) is 9.56. The molecule has 21 heavy (non-hydrogen) atoms. The maximum atomic E-state index is 13.4. The number of primary amides is 1. The molecule has 1 heterocycles. The summed E-state index contributed by atoms with van der Waals surface area (Å²) in [5.74, 6) is 0.227. The molecule has 7 heteroatoms. The number of nitrogens with two attached hydrogens (primary N) is 1. The summed E-state index contributed by atoms with van der Waals surface area (Å²) in [6.45, 7) is 9.62. The van der Waals surface area contributed by atoms with Gasteiger partial charge in [0.05, 0.1) is 5.69 Å². The Balaban J connectivity index is 2.98. The van der Waals surface area contributed by atoms with Crippen LogP contribution in [0.25, 0.3) is 0 Å². The third kappa shape index (κ3) is 4.78. The number of ether oxygens (including phenoxy) is 1. The SMILES string of the molecule is CC(C)(C)[Si](C)(C)OC(CF)c1cc(OC(N)=O)ccn1. The van der Waals surface area contributed by atoms with E-state index in [9.17, 15) is 9.18 Å². The van der Waals surface area contributed by atoms with E-state index >= 15 is 0 Å². The van der Waals surface area contributed by atoms with Gasteiger partial charge in [-0.05, 0) is 24.2 Å². The summed E-state index contributed by atoms with van der Waals surface area (Å²) in [5, 5.41) is -0.0399. The Bertz CT molecular complexity index is 503. The first-order valence-electron chi connectivity index (χ1n) is 6.74. The highest BCUT2D eigenvalue weighted by molar-refractivity contribution is 6.74. The van der Waals surface area contributed by atoms with Gasteiger partial charge in [-0.2, -0.15) is 0 Å². The number of nitrogens with zero attached hydrogens (tertiary/aromatic N) is 1. The second-order valence-corrected chi connectivity index (χ2v) is 11.1. The lowest BCUT2D eigenvalue weighted by molar-refractivity contribution is 0.144. The van der Waals surface area contributed by atoms with Gasteiger partial charge in [-0.1, -0.05) is 20.8 Å². The van der Waals surface area contributed by atoms with Gasteiger partial charge in [-0.25, -0.2) is 9.18 Å². The fourth-order valence-corrected chi connectivity index (χ4v) is 2.74. The molecule has 1 aromatic heterocycles. The average molecular weight is 314 g/mol. The second kappa shape index (κ2) is 6.53. The van der Waals surface area contributed by atoms with Crippen LogP contribution in [0.2, 0.25) is 18.1 Å². The fourth-order valence-electron chi connectivity index (χ4n) is 1.49. The Morgan fingerprint density at radius 2 is 2.10 bits per heavy atom. The molecule has 0 aromatic carbocycles. The molecule has 0 spiro atoms. The maximum absolute atomic E-state index is 13.4. The minimum atomic E-state index is -2.13. The third-order valence-corrected chi connectivity index (χ3v) is 8.17. The Kier molecular flexibility index (Phi) is 5.46. The van der Waals surface area contributed by atoms with Crippen molar-refractivity contribution in [2.24, 2.45) is 5.73 Å². The van der Waals surface area contributed by atoms with Crippen molar-refractivity contribution in [3.8, 4) is 5.75 Å². The molecule has 5 nitrogen and oxygen atoms in total. The van der Waals surface area contributed by atoms with Crippen molar-refractivity contribution in [2.45, 2.75) is 45.0 Å². The third-order valence-electron chi connectivity index (χ3n) is 3.68. The Labute approximate surface area is 125 Å². The van der Waals surface area contributed by atoms with E-state index in [4.69, 9.17) is 14.9 Å². The van der Waals surface area contributed by atoms with Crippen LogP contribution < -0.4 is 10.5 Å². The van der Waals surface area contributed by atoms with E-state index in [0.717, 1.165) is 0 Å². The molecule has 0 aliphatic rings. The Morgan fingerprint density at radius 3 is 2.57 bits per heavy atom. The number of hydrogen-bond donors (Lipinski definition) is 1. The van der Waals surface area contributed by atoms with Crippen molar-refractivity contribution < 1.29 is 18.3 Å². The molecule has 0 aliphatic heterocycles. The van der Waals surface area contributed by atoms with Crippen molar-refractivity contribution in [3.63, 3.8) is 0 Å². The molecule has 118 valence electrons. The van der Waals surface area contributed by atoms with E-state index < -0.39 is 27.2 Å². The highest BCUT2D eigenvalue weighted by Crippen LogP contribution is 2.39. The van der Waals surface area contributed by atoms with Gasteiger partial charge >= 0.3 is 6.09 Å². The lowest BCUT2D eigenvalue weighted by Crippen LogP contribution is -2.42. The number of rotatable bonds is 5. The number of amides is 1. The Hall–Kier alpha value is -1.47. The minimum Gasteiger partial charge on any atom is -0.410 e. The van der Waals surface area contributed by atoms with Gasteiger partial charge in [0.25, 0.3) is 0 Å². The van der Waals surface area contributed by atoms with Gasteiger partial charge in [-0.3, -0.25) is 4.98 Å². The molecule has 1 aromatic rings. The summed E-state index contributed by atoms with van der Waals surface area (Å²) in [5.41, 5.74) is 5.35. The van der Waals surface area contributed by atoms with E-state index in [0.29, 0.717) is 5.69 Å². The number of carbonyl (C=O) groups is 1. The summed E-state index contributed by atoms with van der Waals surface area (Å²) < 4.78 is 24.2. The van der Waals surface area contributed by atoms with Crippen molar-refractivity contribution in [2.75, 3.05) is 6.67 Å². The van der Waals surface area contributed by atoms with E-state index in [1.807, 2.05) is 13.1 Å². The zero-order valence-electron chi connectivity index (χ0n) is 13.1. The lowest BCUT2D eigenvalue weighted by atomic mass is 10.2. The topological polar surface area (TPSA) is 74.4 Å². The van der Waals surface area contributed by atoms with Gasteiger partial charge in [0.15, 0.2) is 8.32 Å². The highest BCUT2D eigenvalue weighted by atomic mass is 28.4. The molecule has 2 N–H and O–H groups in total. The van der Waals surface area contributed by atoms with Gasteiger partial charge in [0, 0.05) is 12.3 Å². The van der Waals surface area contributed by atoms with E-state index in [1.165, 1.54) is 18.3 Å². The molecule has 0 bridgehead atoms. The molecule has 1 atom stereocenters. The van der Waals surface area contributed by atoms with Crippen molar-refractivity contribution in [1.29, 1.82) is 0 Å². The van der Waals surface area contributed by atoms with Crippen LogP contribution in [0.3, 0.4) is 0 Å². The maximum Gasteiger partial charge on any atom is 0.409 e. The second-order valence-electron chi connectivity index (χ2n) is 6.36. The lowest BCUT2D eigenvalue weighted by Gasteiger charge is -2.38. The van der Waals surface area contributed by atoms with Crippen LogP contribution in [0.15, 0.2) is 18.3 Å². The van der Waals surface area contributed by atoms with Crippen LogP contribution in [0.1, 0.15) is 32.6 Å². The van der Waals surface area contributed by atoms with E-state index in [1.54, 1.807) is 0 Å². The quantitative estimate of drug-likeness (QED) is 0.843. The van der Waals surface area contributed by atoms with Crippen molar-refractivity contribution in [1.82, 2.24) is 4.98 Å². The molecule has 0 fully saturated rings. The smallest absolute Gasteiger partial charge is 0.409 e. The van der Waals surface area contributed by atoms with Crippen molar-refractivity contribution >= 4 is 14.4 Å². The molecule has 0 saturated heterocycles. The van der Waals surface area contributed by atoms with Crippen LogP contribution in [0.5, 0.6) is 5.75 Å². The molecule has 1 amide bonds. The number of hydrogen-bond acceptors (Lipinski definition) is 4. The van der Waals surface area contributed by atoms with Crippen LogP contribution in [-0.2, 0) is 4.43 Å². The van der Waals surface area contributed by atoms with Crippen LogP contribution in [0, 0.1) is 0 Å². The normalized spacial score (nSPS) is 13.8. The standard InChI is InChI=1S/C14H23FN2O3Si/c1-14(2,3)21(4,5)20-12(9-15)11-8-10(6-7-17-11)19-13(16)18/h6-8,12H,9H2,1-5H3,(H2,16,18). The van der Waals surface area contributed by atoms with Gasteiger partial charge in [0.2, 0.25) is 0 Å². The highest BCUT2D eigenvalue weighted by Gasteiger charge is 2.39. The fraction of sp³-hybridized carbons (Fsp3) is 0.571. The monoisotopic (exact) mass is 314 g/mol. The molecule has 0 radical (unpaired) electrons. The van der Waals surface area contributed by atoms with Gasteiger partial charge in [-0.15, -0.1) is 0 Å². The summed E-state index contributed by atoms with van der Waals surface area (Å²) in [4.78, 5) is 14.9. The molecule has 0 aliphatic carbocycles. The van der Waals surface area contributed by atoms with Gasteiger partial charge < -0.3 is 14.9 Å². The molecule has 1 unspecified atom stereocenters. The van der Waals surface area contributed by atoms with Crippen LogP contribution in [0.4, 0.5) is 9.18 Å². The molecule has 0 saturated carbocycles. The Morgan fingerprint density at radius 1 is 1.48 bits per heavy atom. The van der Waals surface area contributed by atoms with Crippen LogP contribution >= 0.6 is 0 Å². The number of halogens is 1.